The van der Waals surface area contributed by atoms with Gasteiger partial charge in [-0.3, -0.25) is 0 Å². The van der Waals surface area contributed by atoms with Gasteiger partial charge in [-0.2, -0.15) is 10.5 Å². The van der Waals surface area contributed by atoms with Gasteiger partial charge in [0.15, 0.2) is 13.2 Å². The van der Waals surface area contributed by atoms with E-state index < -0.39 is 9.84 Å². The van der Waals surface area contributed by atoms with Crippen molar-refractivity contribution in [2.24, 2.45) is 0 Å². The van der Waals surface area contributed by atoms with Gasteiger partial charge in [0.1, 0.15) is 23.6 Å². The van der Waals surface area contributed by atoms with E-state index in [-0.39, 0.29) is 23.0 Å². The summed E-state index contributed by atoms with van der Waals surface area (Å²) in [6.45, 7) is -0.202. The number of hydrogen-bond acceptors (Lipinski definition) is 6. The van der Waals surface area contributed by atoms with Crippen molar-refractivity contribution in [1.82, 2.24) is 0 Å². The first-order chi connectivity index (χ1) is 11.1. The smallest absolute Gasteiger partial charge is 0.206 e. The first kappa shape index (κ1) is 16.3. The fourth-order valence-corrected chi connectivity index (χ4v) is 3.06. The molecule has 2 aromatic carbocycles. The summed E-state index contributed by atoms with van der Waals surface area (Å²) in [5.41, 5.74) is 0. The number of benzene rings is 2. The summed E-state index contributed by atoms with van der Waals surface area (Å²) in [6.07, 6.45) is 0. The van der Waals surface area contributed by atoms with E-state index in [1.54, 1.807) is 0 Å². The first-order valence-corrected chi connectivity index (χ1v) is 8.01. The molecular weight excluding hydrogens is 316 g/mol. The number of hydrogen-bond donors (Lipinski definition) is 0. The maximum Gasteiger partial charge on any atom is 0.206 e. The minimum atomic E-state index is -3.65. The van der Waals surface area contributed by atoms with E-state index in [2.05, 4.69) is 0 Å². The SMILES string of the molecule is N#CCOc1ccc(S(=O)(=O)c2ccc(OCC#N)cc2)cc1. The van der Waals surface area contributed by atoms with E-state index in [0.29, 0.717) is 11.5 Å². The van der Waals surface area contributed by atoms with Gasteiger partial charge in [-0.05, 0) is 48.5 Å². The van der Waals surface area contributed by atoms with Crippen LogP contribution in [0.25, 0.3) is 0 Å². The van der Waals surface area contributed by atoms with Crippen molar-refractivity contribution in [2.75, 3.05) is 13.2 Å². The second kappa shape index (κ2) is 7.30. The van der Waals surface area contributed by atoms with Crippen molar-refractivity contribution in [1.29, 1.82) is 10.5 Å². The third-order valence-electron chi connectivity index (χ3n) is 2.87. The summed E-state index contributed by atoms with van der Waals surface area (Å²) in [4.78, 5) is 0.236. The Morgan fingerprint density at radius 1 is 0.739 bits per heavy atom. The molecule has 0 aliphatic carbocycles. The molecule has 0 heterocycles. The molecule has 0 N–H and O–H groups in total. The first-order valence-electron chi connectivity index (χ1n) is 6.52. The Morgan fingerprint density at radius 3 is 1.39 bits per heavy atom. The molecule has 0 spiro atoms. The lowest BCUT2D eigenvalue weighted by Crippen LogP contribution is -2.02. The molecule has 7 heteroatoms. The highest BCUT2D eigenvalue weighted by Crippen LogP contribution is 2.24. The van der Waals surface area contributed by atoms with Crippen LogP contribution in [-0.2, 0) is 9.84 Å². The van der Waals surface area contributed by atoms with E-state index in [1.165, 1.54) is 48.5 Å². The molecule has 23 heavy (non-hydrogen) atoms. The lowest BCUT2D eigenvalue weighted by atomic mass is 10.3. The van der Waals surface area contributed by atoms with Crippen LogP contribution in [0, 0.1) is 22.7 Å². The molecule has 2 aromatic rings. The molecule has 0 saturated carbocycles. The largest absolute Gasteiger partial charge is 0.479 e. The van der Waals surface area contributed by atoms with Gasteiger partial charge in [0.25, 0.3) is 0 Å². The molecule has 0 unspecified atom stereocenters. The zero-order valence-electron chi connectivity index (χ0n) is 12.0. The van der Waals surface area contributed by atoms with Crippen molar-refractivity contribution >= 4 is 9.84 Å². The molecule has 0 atom stereocenters. The molecule has 0 bridgehead atoms. The molecule has 0 radical (unpaired) electrons. The van der Waals surface area contributed by atoms with E-state index in [9.17, 15) is 8.42 Å². The van der Waals surface area contributed by atoms with Crippen molar-refractivity contribution < 1.29 is 17.9 Å². The third kappa shape index (κ3) is 4.00. The highest BCUT2D eigenvalue weighted by molar-refractivity contribution is 7.91. The molecule has 2 rings (SSSR count). The van der Waals surface area contributed by atoms with Gasteiger partial charge in [-0.15, -0.1) is 0 Å². The number of rotatable bonds is 6. The Morgan fingerprint density at radius 2 is 1.09 bits per heavy atom. The second-order valence-electron chi connectivity index (χ2n) is 4.34. The van der Waals surface area contributed by atoms with Gasteiger partial charge in [-0.1, -0.05) is 0 Å². The lowest BCUT2D eigenvalue weighted by Gasteiger charge is -2.07. The predicted octanol–water partition coefficient (Wildman–Crippen LogP) is 2.32. The number of ether oxygens (including phenoxy) is 2. The van der Waals surface area contributed by atoms with Gasteiger partial charge < -0.3 is 9.47 Å². The van der Waals surface area contributed by atoms with E-state index in [1.807, 2.05) is 12.1 Å². The average Bonchev–Trinajstić information content (AvgIpc) is 2.59. The topological polar surface area (TPSA) is 100 Å². The summed E-state index contributed by atoms with van der Waals surface area (Å²) >= 11 is 0. The Bertz CT molecular complexity index is 777. The Hall–Kier alpha value is -3.03. The van der Waals surface area contributed by atoms with Crippen LogP contribution < -0.4 is 9.47 Å². The Labute approximate surface area is 134 Å². The normalized spacial score (nSPS) is 10.3. The highest BCUT2D eigenvalue weighted by atomic mass is 32.2. The lowest BCUT2D eigenvalue weighted by molar-refractivity contribution is 0.368. The number of nitrogens with zero attached hydrogens (tertiary/aromatic N) is 2. The van der Waals surface area contributed by atoms with Gasteiger partial charge in [0, 0.05) is 0 Å². The molecule has 0 aliphatic rings. The minimum Gasteiger partial charge on any atom is -0.479 e. The maximum absolute atomic E-state index is 12.5. The van der Waals surface area contributed by atoms with Crippen LogP contribution in [0.4, 0.5) is 0 Å². The molecule has 0 amide bonds. The molecule has 6 nitrogen and oxygen atoms in total. The zero-order valence-corrected chi connectivity index (χ0v) is 12.8. The summed E-state index contributed by atoms with van der Waals surface area (Å²) < 4.78 is 35.2. The monoisotopic (exact) mass is 328 g/mol. The van der Waals surface area contributed by atoms with E-state index in [0.717, 1.165) is 0 Å². The van der Waals surface area contributed by atoms with Gasteiger partial charge in [0.05, 0.1) is 9.79 Å². The van der Waals surface area contributed by atoms with Crippen molar-refractivity contribution in [2.45, 2.75) is 9.79 Å². The summed E-state index contributed by atoms with van der Waals surface area (Å²) in [5, 5.41) is 16.9. The summed E-state index contributed by atoms with van der Waals surface area (Å²) in [5.74, 6) is 0.844. The molecule has 116 valence electrons. The maximum atomic E-state index is 12.5. The van der Waals surface area contributed by atoms with Crippen LogP contribution >= 0.6 is 0 Å². The quantitative estimate of drug-likeness (QED) is 0.806. The van der Waals surface area contributed by atoms with Crippen molar-refractivity contribution in [3.63, 3.8) is 0 Å². The number of nitriles is 2. The second-order valence-corrected chi connectivity index (χ2v) is 6.29. The molecule has 0 aromatic heterocycles. The Balaban J connectivity index is 2.21. The number of sulfone groups is 1. The minimum absolute atomic E-state index is 0.101. The molecular formula is C16H12N2O4S. The Kier molecular flexibility index (Phi) is 5.19. The fourth-order valence-electron chi connectivity index (χ4n) is 1.80. The summed E-state index contributed by atoms with van der Waals surface area (Å²) in [6, 6.07) is 15.3. The van der Waals surface area contributed by atoms with Crippen molar-refractivity contribution in [3.05, 3.63) is 48.5 Å². The van der Waals surface area contributed by atoms with Gasteiger partial charge in [0.2, 0.25) is 9.84 Å². The van der Waals surface area contributed by atoms with Crippen LogP contribution in [0.2, 0.25) is 0 Å². The van der Waals surface area contributed by atoms with Crippen LogP contribution in [0.5, 0.6) is 11.5 Å². The van der Waals surface area contributed by atoms with Crippen LogP contribution in [0.3, 0.4) is 0 Å². The van der Waals surface area contributed by atoms with E-state index >= 15 is 0 Å². The van der Waals surface area contributed by atoms with Crippen LogP contribution in [-0.4, -0.2) is 21.6 Å². The highest BCUT2D eigenvalue weighted by Gasteiger charge is 2.17. The third-order valence-corrected chi connectivity index (χ3v) is 4.66. The average molecular weight is 328 g/mol. The van der Waals surface area contributed by atoms with Gasteiger partial charge in [-0.25, -0.2) is 8.42 Å². The molecule has 0 aliphatic heterocycles. The summed E-state index contributed by atoms with van der Waals surface area (Å²) in [7, 11) is -3.65. The van der Waals surface area contributed by atoms with E-state index in [4.69, 9.17) is 20.0 Å². The fraction of sp³-hybridized carbons (Fsp3) is 0.125. The predicted molar refractivity (Wildman–Crippen MR) is 80.6 cm³/mol. The van der Waals surface area contributed by atoms with Crippen LogP contribution in [0.15, 0.2) is 58.3 Å². The van der Waals surface area contributed by atoms with Crippen molar-refractivity contribution in [3.8, 4) is 23.6 Å². The zero-order chi connectivity index (χ0) is 16.7. The molecule has 0 fully saturated rings. The van der Waals surface area contributed by atoms with Gasteiger partial charge >= 0.3 is 0 Å². The molecule has 0 saturated heterocycles. The standard InChI is InChI=1S/C16H12N2O4S/c17-9-11-21-13-1-5-15(6-2-13)23(19,20)16-7-3-14(4-8-16)22-12-10-18/h1-8H,11-12H2. The van der Waals surface area contributed by atoms with Crippen LogP contribution in [0.1, 0.15) is 0 Å².